The smallest absolute Gasteiger partial charge is 0.305 e. The number of rotatable bonds is 8. The second-order valence-electron chi connectivity index (χ2n) is 4.86. The third kappa shape index (κ3) is 6.29. The van der Waals surface area contributed by atoms with Gasteiger partial charge in [-0.1, -0.05) is 18.2 Å². The van der Waals surface area contributed by atoms with E-state index in [1.807, 2.05) is 31.2 Å². The Kier molecular flexibility index (Phi) is 7.29. The Morgan fingerprint density at radius 3 is 2.57 bits per heavy atom. The van der Waals surface area contributed by atoms with Crippen molar-refractivity contribution in [3.05, 3.63) is 29.8 Å². The molecule has 21 heavy (non-hydrogen) atoms. The summed E-state index contributed by atoms with van der Waals surface area (Å²) in [6, 6.07) is 7.71. The number of hydrogen-bond acceptors (Lipinski definition) is 4. The maximum absolute atomic E-state index is 11.9. The van der Waals surface area contributed by atoms with Gasteiger partial charge in [0.15, 0.2) is 0 Å². The molecule has 0 atom stereocenters. The minimum atomic E-state index is -0.251. The van der Waals surface area contributed by atoms with E-state index in [4.69, 9.17) is 4.74 Å². The third-order valence-electron chi connectivity index (χ3n) is 3.19. The van der Waals surface area contributed by atoms with Gasteiger partial charge in [-0.3, -0.25) is 9.59 Å². The monoisotopic (exact) mass is 293 g/mol. The van der Waals surface area contributed by atoms with Crippen LogP contribution in [0.25, 0.3) is 0 Å². The molecule has 0 aliphatic carbocycles. The number of esters is 1. The van der Waals surface area contributed by atoms with E-state index in [0.717, 1.165) is 11.3 Å². The highest BCUT2D eigenvalue weighted by Gasteiger charge is 2.10. The molecule has 0 saturated heterocycles. The number of hydrogen-bond donors (Lipinski definition) is 0. The van der Waals surface area contributed by atoms with Crippen LogP contribution in [0.1, 0.15) is 24.8 Å². The van der Waals surface area contributed by atoms with Gasteiger partial charge in [-0.25, -0.2) is 0 Å². The molecule has 5 heteroatoms. The zero-order valence-corrected chi connectivity index (χ0v) is 12.9. The van der Waals surface area contributed by atoms with Crippen molar-refractivity contribution in [2.75, 3.05) is 27.3 Å². The predicted octanol–water partition coefficient (Wildman–Crippen LogP) is 2.18. The molecule has 0 N–H and O–H groups in total. The first-order chi connectivity index (χ1) is 10.0. The molecule has 0 spiro atoms. The molecule has 5 nitrogen and oxygen atoms in total. The SMILES string of the molecule is COC(=O)CCCN(C)C(=O)CCOc1ccccc1C. The van der Waals surface area contributed by atoms with Crippen LogP contribution in [0.5, 0.6) is 5.75 Å². The van der Waals surface area contributed by atoms with Crippen molar-refractivity contribution in [3.63, 3.8) is 0 Å². The van der Waals surface area contributed by atoms with Crippen LogP contribution in [0.4, 0.5) is 0 Å². The lowest BCUT2D eigenvalue weighted by atomic mass is 10.2. The van der Waals surface area contributed by atoms with Crippen molar-refractivity contribution < 1.29 is 19.1 Å². The van der Waals surface area contributed by atoms with E-state index in [1.165, 1.54) is 7.11 Å². The number of ether oxygens (including phenoxy) is 2. The lowest BCUT2D eigenvalue weighted by Crippen LogP contribution is -2.29. The fourth-order valence-electron chi connectivity index (χ4n) is 1.84. The van der Waals surface area contributed by atoms with E-state index < -0.39 is 0 Å². The fraction of sp³-hybridized carbons (Fsp3) is 0.500. The molecule has 0 aliphatic heterocycles. The number of methoxy groups -OCH3 is 1. The van der Waals surface area contributed by atoms with Crippen molar-refractivity contribution in [2.24, 2.45) is 0 Å². The Hall–Kier alpha value is -2.04. The van der Waals surface area contributed by atoms with Crippen LogP contribution in [-0.4, -0.2) is 44.1 Å². The van der Waals surface area contributed by atoms with Gasteiger partial charge >= 0.3 is 5.97 Å². The first-order valence-electron chi connectivity index (χ1n) is 7.03. The molecule has 1 aromatic carbocycles. The molecule has 1 amide bonds. The highest BCUT2D eigenvalue weighted by molar-refractivity contribution is 5.76. The zero-order valence-electron chi connectivity index (χ0n) is 12.9. The summed E-state index contributed by atoms with van der Waals surface area (Å²) in [5.74, 6) is 0.561. The Morgan fingerprint density at radius 1 is 1.19 bits per heavy atom. The standard InChI is InChI=1S/C16H23NO4/c1-13-7-4-5-8-14(13)21-12-10-15(18)17(2)11-6-9-16(19)20-3/h4-5,7-8H,6,9-12H2,1-3H3. The minimum Gasteiger partial charge on any atom is -0.493 e. The molecule has 1 aromatic rings. The second-order valence-corrected chi connectivity index (χ2v) is 4.86. The van der Waals surface area contributed by atoms with Crippen molar-refractivity contribution in [3.8, 4) is 5.75 Å². The molecular formula is C16H23NO4. The molecule has 0 unspecified atom stereocenters. The zero-order chi connectivity index (χ0) is 15.7. The summed E-state index contributed by atoms with van der Waals surface area (Å²) in [6.45, 7) is 2.86. The Balaban J connectivity index is 2.24. The van der Waals surface area contributed by atoms with Crippen LogP contribution < -0.4 is 4.74 Å². The van der Waals surface area contributed by atoms with Crippen molar-refractivity contribution in [2.45, 2.75) is 26.2 Å². The number of benzene rings is 1. The molecule has 0 radical (unpaired) electrons. The van der Waals surface area contributed by atoms with Gasteiger partial charge in [0, 0.05) is 20.0 Å². The Morgan fingerprint density at radius 2 is 1.90 bits per heavy atom. The van der Waals surface area contributed by atoms with Gasteiger partial charge in [0.2, 0.25) is 5.91 Å². The highest BCUT2D eigenvalue weighted by atomic mass is 16.5. The van der Waals surface area contributed by atoms with E-state index in [9.17, 15) is 9.59 Å². The lowest BCUT2D eigenvalue weighted by Gasteiger charge is -2.17. The fourth-order valence-corrected chi connectivity index (χ4v) is 1.84. The number of aryl methyl sites for hydroxylation is 1. The van der Waals surface area contributed by atoms with Gasteiger partial charge in [0.1, 0.15) is 5.75 Å². The summed E-state index contributed by atoms with van der Waals surface area (Å²) in [5, 5.41) is 0. The number of para-hydroxylation sites is 1. The second kappa shape index (κ2) is 9.00. The molecule has 0 fully saturated rings. The van der Waals surface area contributed by atoms with Crippen molar-refractivity contribution >= 4 is 11.9 Å². The van der Waals surface area contributed by atoms with E-state index in [-0.39, 0.29) is 11.9 Å². The average molecular weight is 293 g/mol. The predicted molar refractivity (Wildman–Crippen MR) is 80.2 cm³/mol. The molecule has 0 heterocycles. The summed E-state index contributed by atoms with van der Waals surface area (Å²) < 4.78 is 10.2. The number of nitrogens with zero attached hydrogens (tertiary/aromatic N) is 1. The van der Waals surface area contributed by atoms with Gasteiger partial charge in [-0.05, 0) is 25.0 Å². The van der Waals surface area contributed by atoms with Crippen molar-refractivity contribution in [1.29, 1.82) is 0 Å². The van der Waals surface area contributed by atoms with Crippen LogP contribution in [0.2, 0.25) is 0 Å². The van der Waals surface area contributed by atoms with Gasteiger partial charge in [0.05, 0.1) is 20.1 Å². The quantitative estimate of drug-likeness (QED) is 0.689. The van der Waals surface area contributed by atoms with Crippen LogP contribution in [0.15, 0.2) is 24.3 Å². The van der Waals surface area contributed by atoms with Gasteiger partial charge < -0.3 is 14.4 Å². The topological polar surface area (TPSA) is 55.8 Å². The summed E-state index contributed by atoms with van der Waals surface area (Å²) >= 11 is 0. The molecule has 116 valence electrons. The average Bonchev–Trinajstić information content (AvgIpc) is 2.48. The van der Waals surface area contributed by atoms with Gasteiger partial charge in [-0.2, -0.15) is 0 Å². The maximum atomic E-state index is 11.9. The molecule has 1 rings (SSSR count). The maximum Gasteiger partial charge on any atom is 0.305 e. The van der Waals surface area contributed by atoms with Gasteiger partial charge in [0.25, 0.3) is 0 Å². The van der Waals surface area contributed by atoms with E-state index in [0.29, 0.717) is 32.4 Å². The molecule has 0 aliphatic rings. The number of amides is 1. The molecule has 0 saturated carbocycles. The first kappa shape index (κ1) is 17.0. The molecular weight excluding hydrogens is 270 g/mol. The van der Waals surface area contributed by atoms with E-state index in [2.05, 4.69) is 4.74 Å². The Bertz CT molecular complexity index is 473. The Labute approximate surface area is 125 Å². The summed E-state index contributed by atoms with van der Waals surface area (Å²) in [5.41, 5.74) is 1.05. The van der Waals surface area contributed by atoms with Crippen molar-refractivity contribution in [1.82, 2.24) is 4.90 Å². The van der Waals surface area contributed by atoms with Crippen LogP contribution in [0.3, 0.4) is 0 Å². The van der Waals surface area contributed by atoms with E-state index >= 15 is 0 Å². The molecule has 0 bridgehead atoms. The minimum absolute atomic E-state index is 0.00782. The summed E-state index contributed by atoms with van der Waals surface area (Å²) in [6.07, 6.45) is 1.25. The largest absolute Gasteiger partial charge is 0.493 e. The van der Waals surface area contributed by atoms with Crippen LogP contribution in [0, 0.1) is 6.92 Å². The molecule has 0 aromatic heterocycles. The number of carbonyl (C=O) groups excluding carboxylic acids is 2. The lowest BCUT2D eigenvalue weighted by molar-refractivity contribution is -0.141. The first-order valence-corrected chi connectivity index (χ1v) is 7.03. The summed E-state index contributed by atoms with van der Waals surface area (Å²) in [4.78, 5) is 24.5. The normalized spacial score (nSPS) is 10.0. The van der Waals surface area contributed by atoms with Crippen LogP contribution in [-0.2, 0) is 14.3 Å². The van der Waals surface area contributed by atoms with Gasteiger partial charge in [-0.15, -0.1) is 0 Å². The highest BCUT2D eigenvalue weighted by Crippen LogP contribution is 2.16. The third-order valence-corrected chi connectivity index (χ3v) is 3.19. The summed E-state index contributed by atoms with van der Waals surface area (Å²) in [7, 11) is 3.09. The number of carbonyl (C=O) groups is 2. The van der Waals surface area contributed by atoms with Crippen LogP contribution >= 0.6 is 0 Å². The van der Waals surface area contributed by atoms with E-state index in [1.54, 1.807) is 11.9 Å².